The average molecular weight is 317 g/mol. The van der Waals surface area contributed by atoms with Gasteiger partial charge in [0.15, 0.2) is 0 Å². The molecule has 1 heterocycles. The number of amides is 1. The third kappa shape index (κ3) is 4.31. The molecule has 0 spiro atoms. The van der Waals surface area contributed by atoms with Gasteiger partial charge >= 0.3 is 0 Å². The van der Waals surface area contributed by atoms with E-state index in [0.717, 1.165) is 45.6 Å². The molecule has 0 aromatic heterocycles. The first-order valence-corrected chi connectivity index (χ1v) is 8.49. The monoisotopic (exact) mass is 317 g/mol. The zero-order valence-electron chi connectivity index (χ0n) is 13.9. The van der Waals surface area contributed by atoms with Crippen molar-refractivity contribution in [3.05, 3.63) is 35.4 Å². The van der Waals surface area contributed by atoms with Crippen molar-refractivity contribution in [2.24, 2.45) is 5.41 Å². The first-order chi connectivity index (χ1) is 11.1. The predicted molar refractivity (Wildman–Crippen MR) is 90.3 cm³/mol. The molecule has 0 atom stereocenters. The molecule has 5 nitrogen and oxygen atoms in total. The lowest BCUT2D eigenvalue weighted by Gasteiger charge is -2.32. The van der Waals surface area contributed by atoms with Gasteiger partial charge in [0, 0.05) is 50.2 Å². The van der Waals surface area contributed by atoms with Crippen molar-refractivity contribution >= 4 is 5.91 Å². The van der Waals surface area contributed by atoms with E-state index in [1.54, 1.807) is 0 Å². The molecule has 1 saturated carbocycles. The number of rotatable bonds is 6. The summed E-state index contributed by atoms with van der Waals surface area (Å²) in [5.74, 6) is -0.0455. The quantitative estimate of drug-likeness (QED) is 0.820. The summed E-state index contributed by atoms with van der Waals surface area (Å²) in [6.45, 7) is 6.12. The average Bonchev–Trinajstić information content (AvgIpc) is 3.36. The minimum Gasteiger partial charge on any atom is -0.396 e. The molecule has 2 fully saturated rings. The molecular weight excluding hydrogens is 290 g/mol. The van der Waals surface area contributed by atoms with Gasteiger partial charge in [-0.3, -0.25) is 9.69 Å². The number of carbonyl (C=O) groups excluding carboxylic acids is 1. The lowest BCUT2D eigenvalue weighted by atomic mass is 10.1. The molecule has 0 bridgehead atoms. The van der Waals surface area contributed by atoms with Gasteiger partial charge in [-0.05, 0) is 37.6 Å². The first kappa shape index (κ1) is 16.4. The van der Waals surface area contributed by atoms with Crippen molar-refractivity contribution in [2.45, 2.75) is 19.4 Å². The van der Waals surface area contributed by atoms with E-state index < -0.39 is 0 Å². The maximum atomic E-state index is 12.2. The highest BCUT2D eigenvalue weighted by molar-refractivity contribution is 5.94. The van der Waals surface area contributed by atoms with E-state index in [-0.39, 0.29) is 17.9 Å². The molecular formula is C18H27N3O2. The molecule has 3 rings (SSSR count). The zero-order chi connectivity index (χ0) is 16.3. The van der Waals surface area contributed by atoms with E-state index in [9.17, 15) is 9.90 Å². The number of benzene rings is 1. The minimum absolute atomic E-state index is 0.0446. The molecule has 0 unspecified atom stereocenters. The van der Waals surface area contributed by atoms with Crippen LogP contribution >= 0.6 is 0 Å². The fourth-order valence-corrected chi connectivity index (χ4v) is 2.96. The highest BCUT2D eigenvalue weighted by atomic mass is 16.3. The number of piperazine rings is 1. The van der Waals surface area contributed by atoms with Crippen LogP contribution in [0.4, 0.5) is 0 Å². The second-order valence-electron chi connectivity index (χ2n) is 7.12. The number of nitrogens with one attached hydrogen (secondary N) is 1. The van der Waals surface area contributed by atoms with Crippen LogP contribution in [-0.4, -0.2) is 67.2 Å². The number of aliphatic hydroxyl groups is 1. The van der Waals surface area contributed by atoms with Gasteiger partial charge in [0.25, 0.3) is 5.91 Å². The summed E-state index contributed by atoms with van der Waals surface area (Å²) >= 11 is 0. The van der Waals surface area contributed by atoms with Gasteiger partial charge in [-0.1, -0.05) is 12.1 Å². The Morgan fingerprint density at radius 3 is 2.39 bits per heavy atom. The van der Waals surface area contributed by atoms with Crippen LogP contribution in [-0.2, 0) is 6.54 Å². The van der Waals surface area contributed by atoms with E-state index >= 15 is 0 Å². The second-order valence-corrected chi connectivity index (χ2v) is 7.12. The summed E-state index contributed by atoms with van der Waals surface area (Å²) in [6.07, 6.45) is 2.02. The normalized spacial score (nSPS) is 21.1. The van der Waals surface area contributed by atoms with Crippen molar-refractivity contribution in [2.75, 3.05) is 46.4 Å². The number of aliphatic hydroxyl groups excluding tert-OH is 1. The van der Waals surface area contributed by atoms with Crippen molar-refractivity contribution < 1.29 is 9.90 Å². The van der Waals surface area contributed by atoms with Crippen molar-refractivity contribution in [3.63, 3.8) is 0 Å². The highest BCUT2D eigenvalue weighted by Gasteiger charge is 2.42. The molecule has 23 heavy (non-hydrogen) atoms. The molecule has 0 radical (unpaired) electrons. The van der Waals surface area contributed by atoms with E-state index in [0.29, 0.717) is 12.1 Å². The van der Waals surface area contributed by atoms with Gasteiger partial charge in [0.1, 0.15) is 0 Å². The molecule has 2 N–H and O–H groups in total. The molecule has 1 saturated heterocycles. The third-order valence-corrected chi connectivity index (χ3v) is 5.13. The number of nitrogens with zero attached hydrogens (tertiary/aromatic N) is 2. The Hall–Kier alpha value is -1.43. The summed E-state index contributed by atoms with van der Waals surface area (Å²) in [7, 11) is 2.16. The lowest BCUT2D eigenvalue weighted by molar-refractivity contribution is 0.0935. The van der Waals surface area contributed by atoms with Crippen LogP contribution in [0.25, 0.3) is 0 Å². The number of likely N-dealkylation sites (N-methyl/N-ethyl adjacent to an activating group) is 1. The highest BCUT2D eigenvalue weighted by Crippen LogP contribution is 2.44. The van der Waals surface area contributed by atoms with Crippen LogP contribution < -0.4 is 5.32 Å². The van der Waals surface area contributed by atoms with Crippen LogP contribution in [0, 0.1) is 5.41 Å². The van der Waals surface area contributed by atoms with Crippen LogP contribution in [0.15, 0.2) is 24.3 Å². The maximum Gasteiger partial charge on any atom is 0.251 e. The number of hydrogen-bond acceptors (Lipinski definition) is 4. The Morgan fingerprint density at radius 1 is 1.17 bits per heavy atom. The van der Waals surface area contributed by atoms with Gasteiger partial charge < -0.3 is 15.3 Å². The largest absolute Gasteiger partial charge is 0.396 e. The third-order valence-electron chi connectivity index (χ3n) is 5.13. The Kier molecular flexibility index (Phi) is 4.99. The van der Waals surface area contributed by atoms with E-state index in [1.165, 1.54) is 5.56 Å². The van der Waals surface area contributed by atoms with Crippen molar-refractivity contribution in [1.29, 1.82) is 0 Å². The van der Waals surface area contributed by atoms with Crippen LogP contribution in [0.3, 0.4) is 0 Å². The molecule has 126 valence electrons. The van der Waals surface area contributed by atoms with E-state index in [1.807, 2.05) is 24.3 Å². The molecule has 1 amide bonds. The zero-order valence-corrected chi connectivity index (χ0v) is 13.9. The first-order valence-electron chi connectivity index (χ1n) is 8.49. The topological polar surface area (TPSA) is 55.8 Å². The second kappa shape index (κ2) is 6.99. The van der Waals surface area contributed by atoms with Crippen LogP contribution in [0.5, 0.6) is 0 Å². The van der Waals surface area contributed by atoms with E-state index in [4.69, 9.17) is 0 Å². The molecule has 1 aliphatic heterocycles. The molecule has 1 aromatic rings. The SMILES string of the molecule is CN1CCN(Cc2ccc(C(=O)NCC3(CO)CC3)cc2)CC1. The Bertz CT molecular complexity index is 532. The molecule has 1 aromatic carbocycles. The lowest BCUT2D eigenvalue weighted by Crippen LogP contribution is -2.43. The van der Waals surface area contributed by atoms with Gasteiger partial charge in [-0.15, -0.1) is 0 Å². The van der Waals surface area contributed by atoms with Crippen LogP contribution in [0.1, 0.15) is 28.8 Å². The Balaban J connectivity index is 1.49. The maximum absolute atomic E-state index is 12.2. The minimum atomic E-state index is -0.0455. The Morgan fingerprint density at radius 2 is 1.83 bits per heavy atom. The summed E-state index contributed by atoms with van der Waals surface area (Å²) < 4.78 is 0. The molecule has 5 heteroatoms. The fraction of sp³-hybridized carbons (Fsp3) is 0.611. The molecule has 1 aliphatic carbocycles. The van der Waals surface area contributed by atoms with Gasteiger partial charge in [-0.25, -0.2) is 0 Å². The number of carbonyl (C=O) groups is 1. The van der Waals surface area contributed by atoms with Gasteiger partial charge in [-0.2, -0.15) is 0 Å². The van der Waals surface area contributed by atoms with Crippen LogP contribution in [0.2, 0.25) is 0 Å². The standard InChI is InChI=1S/C18H27N3O2/c1-20-8-10-21(11-9-20)12-15-2-4-16(5-3-15)17(23)19-13-18(14-22)6-7-18/h2-5,22H,6-14H2,1H3,(H,19,23). The smallest absolute Gasteiger partial charge is 0.251 e. The van der Waals surface area contributed by atoms with Crippen molar-refractivity contribution in [1.82, 2.24) is 15.1 Å². The summed E-state index contributed by atoms with van der Waals surface area (Å²) in [5, 5.41) is 12.2. The van der Waals surface area contributed by atoms with Gasteiger partial charge in [0.2, 0.25) is 0 Å². The van der Waals surface area contributed by atoms with Crippen molar-refractivity contribution in [3.8, 4) is 0 Å². The summed E-state index contributed by atoms with van der Waals surface area (Å²) in [4.78, 5) is 17.0. The van der Waals surface area contributed by atoms with E-state index in [2.05, 4.69) is 22.2 Å². The number of hydrogen-bond donors (Lipinski definition) is 2. The molecule has 2 aliphatic rings. The summed E-state index contributed by atoms with van der Waals surface area (Å²) in [5.41, 5.74) is 1.90. The van der Waals surface area contributed by atoms with Gasteiger partial charge in [0.05, 0.1) is 6.61 Å². The predicted octanol–water partition coefficient (Wildman–Crippen LogP) is 0.936. The summed E-state index contributed by atoms with van der Waals surface area (Å²) in [6, 6.07) is 7.90. The fourth-order valence-electron chi connectivity index (χ4n) is 2.96. The Labute approximate surface area is 138 Å².